The first kappa shape index (κ1) is 12.9. The number of likely N-dealkylation sites (N-methyl/N-ethyl adjacent to an activating group) is 1. The summed E-state index contributed by atoms with van der Waals surface area (Å²) < 4.78 is 0. The number of nitrogens with one attached hydrogen (secondary N) is 1. The number of hydrogen-bond acceptors (Lipinski definition) is 2. The van der Waals surface area contributed by atoms with E-state index in [2.05, 4.69) is 5.32 Å². The fourth-order valence-electron chi connectivity index (χ4n) is 1.13. The summed E-state index contributed by atoms with van der Waals surface area (Å²) in [5.41, 5.74) is 0. The minimum absolute atomic E-state index is 0.0299. The van der Waals surface area contributed by atoms with Gasteiger partial charge in [0.2, 0.25) is 11.8 Å². The second-order valence-corrected chi connectivity index (χ2v) is 3.77. The molecule has 0 heterocycles. The maximum Gasteiger partial charge on any atom is 0.245 e. The molecule has 0 rings (SSSR count). The predicted octanol–water partition coefficient (Wildman–Crippen LogP) is 0.625. The number of carbonyl (C=O) groups excluding carboxylic acids is 2. The Bertz CT molecular complexity index is 214. The Labute approximate surface area is 85.7 Å². The molecule has 4 nitrogen and oxygen atoms in total. The van der Waals surface area contributed by atoms with Crippen molar-refractivity contribution in [3.8, 4) is 0 Å². The highest BCUT2D eigenvalue weighted by atomic mass is 16.2. The molecule has 0 fully saturated rings. The molecule has 0 spiro atoms. The van der Waals surface area contributed by atoms with Crippen LogP contribution in [0.4, 0.5) is 0 Å². The van der Waals surface area contributed by atoms with Crippen LogP contribution in [0.15, 0.2) is 0 Å². The summed E-state index contributed by atoms with van der Waals surface area (Å²) >= 11 is 0. The third-order valence-corrected chi connectivity index (χ3v) is 2.14. The van der Waals surface area contributed by atoms with Crippen molar-refractivity contribution in [2.75, 3.05) is 13.6 Å². The highest BCUT2D eigenvalue weighted by Crippen LogP contribution is 2.04. The topological polar surface area (TPSA) is 49.4 Å². The molecule has 0 aromatic heterocycles. The molecule has 1 unspecified atom stereocenters. The van der Waals surface area contributed by atoms with Crippen molar-refractivity contribution in [2.45, 2.75) is 33.7 Å². The molecule has 0 aromatic rings. The first-order valence-corrected chi connectivity index (χ1v) is 4.92. The third kappa shape index (κ3) is 3.77. The summed E-state index contributed by atoms with van der Waals surface area (Å²) in [6.45, 7) is 7.82. The van der Waals surface area contributed by atoms with E-state index in [9.17, 15) is 9.59 Å². The number of amides is 2. The molecule has 1 atom stereocenters. The van der Waals surface area contributed by atoms with Crippen LogP contribution in [0.3, 0.4) is 0 Å². The lowest BCUT2D eigenvalue weighted by molar-refractivity contribution is -0.136. The average Bonchev–Trinajstić information content (AvgIpc) is 2.11. The Hall–Kier alpha value is -1.06. The Morgan fingerprint density at radius 3 is 2.14 bits per heavy atom. The first-order valence-electron chi connectivity index (χ1n) is 4.92. The lowest BCUT2D eigenvalue weighted by atomic mass is 10.0. The number of rotatable bonds is 4. The molecule has 0 aliphatic carbocycles. The lowest BCUT2D eigenvalue weighted by Crippen LogP contribution is -2.49. The normalized spacial score (nSPS) is 12.4. The van der Waals surface area contributed by atoms with Gasteiger partial charge in [0, 0.05) is 20.5 Å². The Kier molecular flexibility index (Phi) is 5.20. The van der Waals surface area contributed by atoms with Crippen molar-refractivity contribution in [1.29, 1.82) is 0 Å². The van der Waals surface area contributed by atoms with Gasteiger partial charge in [-0.3, -0.25) is 9.59 Å². The number of nitrogens with zero attached hydrogens (tertiary/aromatic N) is 1. The summed E-state index contributed by atoms with van der Waals surface area (Å²) in [6.07, 6.45) is 0. The summed E-state index contributed by atoms with van der Waals surface area (Å²) in [4.78, 5) is 24.3. The standard InChI is InChI=1S/C10H20N2O2/c1-6-12(5)10(14)9(7(2)3)11-8(4)13/h7,9H,6H2,1-5H3,(H,11,13). The van der Waals surface area contributed by atoms with Gasteiger partial charge in [0.25, 0.3) is 0 Å². The number of hydrogen-bond donors (Lipinski definition) is 1. The highest BCUT2D eigenvalue weighted by molar-refractivity contribution is 5.86. The maximum absolute atomic E-state index is 11.8. The van der Waals surface area contributed by atoms with Gasteiger partial charge in [0.15, 0.2) is 0 Å². The van der Waals surface area contributed by atoms with Crippen LogP contribution in [0.25, 0.3) is 0 Å². The zero-order valence-corrected chi connectivity index (χ0v) is 9.63. The van der Waals surface area contributed by atoms with Crippen molar-refractivity contribution in [2.24, 2.45) is 5.92 Å². The monoisotopic (exact) mass is 200 g/mol. The molecular weight excluding hydrogens is 180 g/mol. The molecule has 0 radical (unpaired) electrons. The highest BCUT2D eigenvalue weighted by Gasteiger charge is 2.24. The van der Waals surface area contributed by atoms with Gasteiger partial charge in [-0.15, -0.1) is 0 Å². The van der Waals surface area contributed by atoms with Crippen molar-refractivity contribution in [1.82, 2.24) is 10.2 Å². The zero-order valence-electron chi connectivity index (χ0n) is 9.63. The largest absolute Gasteiger partial charge is 0.344 e. The molecule has 2 amide bonds. The van der Waals surface area contributed by atoms with E-state index in [-0.39, 0.29) is 17.7 Å². The SMILES string of the molecule is CCN(C)C(=O)C(NC(C)=O)C(C)C. The van der Waals surface area contributed by atoms with E-state index in [1.54, 1.807) is 11.9 Å². The van der Waals surface area contributed by atoms with E-state index in [1.165, 1.54) is 6.92 Å². The fourth-order valence-corrected chi connectivity index (χ4v) is 1.13. The van der Waals surface area contributed by atoms with Gasteiger partial charge < -0.3 is 10.2 Å². The summed E-state index contributed by atoms with van der Waals surface area (Å²) in [7, 11) is 1.74. The van der Waals surface area contributed by atoms with Gasteiger partial charge in [-0.25, -0.2) is 0 Å². The summed E-state index contributed by atoms with van der Waals surface area (Å²) in [5.74, 6) is -0.0837. The van der Waals surface area contributed by atoms with Gasteiger partial charge in [-0.05, 0) is 12.8 Å². The van der Waals surface area contributed by atoms with Crippen LogP contribution >= 0.6 is 0 Å². The van der Waals surface area contributed by atoms with Crippen molar-refractivity contribution in [3.63, 3.8) is 0 Å². The van der Waals surface area contributed by atoms with Crippen LogP contribution < -0.4 is 5.32 Å². The second kappa shape index (κ2) is 5.62. The molecule has 82 valence electrons. The van der Waals surface area contributed by atoms with Gasteiger partial charge in [0.05, 0.1) is 0 Å². The molecule has 0 saturated heterocycles. The second-order valence-electron chi connectivity index (χ2n) is 3.77. The minimum atomic E-state index is -0.405. The van der Waals surface area contributed by atoms with E-state index < -0.39 is 6.04 Å². The molecule has 0 aromatic carbocycles. The Morgan fingerprint density at radius 1 is 1.36 bits per heavy atom. The average molecular weight is 200 g/mol. The third-order valence-electron chi connectivity index (χ3n) is 2.14. The Morgan fingerprint density at radius 2 is 1.86 bits per heavy atom. The van der Waals surface area contributed by atoms with Crippen LogP contribution in [0, 0.1) is 5.92 Å². The van der Waals surface area contributed by atoms with Crippen LogP contribution in [0.5, 0.6) is 0 Å². The smallest absolute Gasteiger partial charge is 0.245 e. The van der Waals surface area contributed by atoms with E-state index in [1.807, 2.05) is 20.8 Å². The molecule has 1 N–H and O–H groups in total. The van der Waals surface area contributed by atoms with Gasteiger partial charge in [-0.2, -0.15) is 0 Å². The quantitative estimate of drug-likeness (QED) is 0.723. The molecule has 14 heavy (non-hydrogen) atoms. The van der Waals surface area contributed by atoms with Gasteiger partial charge >= 0.3 is 0 Å². The minimum Gasteiger partial charge on any atom is -0.344 e. The van der Waals surface area contributed by atoms with Crippen molar-refractivity contribution >= 4 is 11.8 Å². The predicted molar refractivity (Wildman–Crippen MR) is 55.8 cm³/mol. The molecule has 0 bridgehead atoms. The number of carbonyl (C=O) groups is 2. The lowest BCUT2D eigenvalue weighted by Gasteiger charge is -2.25. The maximum atomic E-state index is 11.8. The Balaban J connectivity index is 4.49. The van der Waals surface area contributed by atoms with Gasteiger partial charge in [-0.1, -0.05) is 13.8 Å². The van der Waals surface area contributed by atoms with E-state index in [0.717, 1.165) is 0 Å². The fraction of sp³-hybridized carbons (Fsp3) is 0.800. The van der Waals surface area contributed by atoms with E-state index in [4.69, 9.17) is 0 Å². The van der Waals surface area contributed by atoms with Crippen molar-refractivity contribution < 1.29 is 9.59 Å². The van der Waals surface area contributed by atoms with Crippen LogP contribution in [-0.4, -0.2) is 36.3 Å². The zero-order chi connectivity index (χ0) is 11.3. The summed E-state index contributed by atoms with van der Waals surface area (Å²) in [5, 5.41) is 2.66. The molecule has 0 saturated carbocycles. The van der Waals surface area contributed by atoms with Crippen molar-refractivity contribution in [3.05, 3.63) is 0 Å². The van der Waals surface area contributed by atoms with E-state index >= 15 is 0 Å². The molecule has 4 heteroatoms. The van der Waals surface area contributed by atoms with E-state index in [0.29, 0.717) is 6.54 Å². The summed E-state index contributed by atoms with van der Waals surface area (Å²) in [6, 6.07) is -0.405. The van der Waals surface area contributed by atoms with Crippen LogP contribution in [0.2, 0.25) is 0 Å². The first-order chi connectivity index (χ1) is 6.40. The van der Waals surface area contributed by atoms with Gasteiger partial charge in [0.1, 0.15) is 6.04 Å². The van der Waals surface area contributed by atoms with Crippen LogP contribution in [0.1, 0.15) is 27.7 Å². The molecular formula is C10H20N2O2. The molecule has 0 aliphatic heterocycles. The van der Waals surface area contributed by atoms with Crippen LogP contribution in [-0.2, 0) is 9.59 Å². The molecule has 0 aliphatic rings.